The Morgan fingerprint density at radius 3 is 2.32 bits per heavy atom. The standard InChI is InChI=1S/C32H29ClN10O9S/c1-2-35-53(51,52)37-21-6-3-18(4-7-21)13-26(28(44)36-22-8-10-23-19(14-22)15-27(31(47)48)43(23)32(49)50)41-12-11-40(29(45)30(41)46)25-16-20(33)5-9-24(25)42-17-34-38-39-42/h3-10,14-17,26,35,37H,2,11-13H2,1H3,(H,36,44)(H,47,48)(H,49,50)/t26-/m0/s1. The number of aromatic nitrogens is 5. The Bertz CT molecular complexity index is 2370. The molecule has 5 N–H and O–H groups in total. The molecule has 1 saturated heterocycles. The first-order valence-corrected chi connectivity index (χ1v) is 17.6. The second kappa shape index (κ2) is 14.7. The molecule has 19 nitrogen and oxygen atoms in total. The molecule has 1 aliphatic heterocycles. The lowest BCUT2D eigenvalue weighted by Crippen LogP contribution is -2.60. The first kappa shape index (κ1) is 36.4. The fourth-order valence-electron chi connectivity index (χ4n) is 5.89. The van der Waals surface area contributed by atoms with E-state index in [1.807, 2.05) is 0 Å². The van der Waals surface area contributed by atoms with Crippen LogP contribution < -0.4 is 19.7 Å². The van der Waals surface area contributed by atoms with Gasteiger partial charge in [-0.15, -0.1) is 5.10 Å². The number of hydrogen-bond donors (Lipinski definition) is 5. The maximum atomic E-state index is 14.1. The predicted molar refractivity (Wildman–Crippen MR) is 189 cm³/mol. The number of carbonyl (C=O) groups excluding carboxylic acids is 3. The monoisotopic (exact) mass is 764 g/mol. The van der Waals surface area contributed by atoms with Gasteiger partial charge in [-0.2, -0.15) is 17.8 Å². The summed E-state index contributed by atoms with van der Waals surface area (Å²) in [4.78, 5) is 67.5. The molecule has 6 rings (SSSR count). The first-order chi connectivity index (χ1) is 25.3. The largest absolute Gasteiger partial charge is 0.477 e. The van der Waals surface area contributed by atoms with Crippen LogP contribution >= 0.6 is 11.6 Å². The molecule has 3 aromatic carbocycles. The van der Waals surface area contributed by atoms with Crippen LogP contribution in [-0.2, 0) is 31.0 Å². The molecule has 0 aliphatic carbocycles. The number of benzene rings is 3. The minimum Gasteiger partial charge on any atom is -0.477 e. The molecular formula is C32H29ClN10O9S. The van der Waals surface area contributed by atoms with Crippen LogP contribution in [-0.4, -0.2) is 104 Å². The van der Waals surface area contributed by atoms with E-state index < -0.39 is 51.7 Å². The molecule has 3 heterocycles. The van der Waals surface area contributed by atoms with Gasteiger partial charge in [0.25, 0.3) is 10.2 Å². The lowest BCUT2D eigenvalue weighted by molar-refractivity contribution is -0.149. The van der Waals surface area contributed by atoms with Crippen molar-refractivity contribution in [2.24, 2.45) is 0 Å². The van der Waals surface area contributed by atoms with E-state index in [1.54, 1.807) is 31.2 Å². The summed E-state index contributed by atoms with van der Waals surface area (Å²) in [6, 6.07) is 14.6. The summed E-state index contributed by atoms with van der Waals surface area (Å²) in [5.74, 6) is -4.16. The summed E-state index contributed by atoms with van der Waals surface area (Å²) in [5, 5.41) is 33.4. The number of carbonyl (C=O) groups is 5. The number of carboxylic acids is 1. The lowest BCUT2D eigenvalue weighted by Gasteiger charge is -2.38. The van der Waals surface area contributed by atoms with Gasteiger partial charge in [0.1, 0.15) is 18.1 Å². The van der Waals surface area contributed by atoms with Gasteiger partial charge in [0, 0.05) is 47.8 Å². The number of nitrogens with zero attached hydrogens (tertiary/aromatic N) is 7. The van der Waals surface area contributed by atoms with Gasteiger partial charge in [-0.3, -0.25) is 19.1 Å². The molecule has 0 saturated carbocycles. The van der Waals surface area contributed by atoms with E-state index in [0.717, 1.165) is 11.0 Å². The summed E-state index contributed by atoms with van der Waals surface area (Å²) >= 11 is 6.26. The summed E-state index contributed by atoms with van der Waals surface area (Å²) in [6.07, 6.45) is -0.318. The summed E-state index contributed by atoms with van der Waals surface area (Å²) in [6.45, 7) is 1.63. The number of amides is 3. The summed E-state index contributed by atoms with van der Waals surface area (Å²) < 4.78 is 30.9. The highest BCUT2D eigenvalue weighted by Gasteiger charge is 2.40. The Labute approximate surface area is 304 Å². The molecular weight excluding hydrogens is 736 g/mol. The molecule has 0 unspecified atom stereocenters. The van der Waals surface area contributed by atoms with Crippen molar-refractivity contribution in [3.05, 3.63) is 89.3 Å². The highest BCUT2D eigenvalue weighted by atomic mass is 35.5. The molecule has 5 aromatic rings. The predicted octanol–water partition coefficient (Wildman–Crippen LogP) is 2.19. The smallest absolute Gasteiger partial charge is 0.416 e. The average Bonchev–Trinajstić information content (AvgIpc) is 3.78. The molecule has 3 amide bonds. The minimum absolute atomic E-state index is 0.0540. The topological polar surface area (TPSA) is 251 Å². The average molecular weight is 765 g/mol. The van der Waals surface area contributed by atoms with Crippen molar-refractivity contribution < 1.29 is 42.6 Å². The Morgan fingerprint density at radius 1 is 0.925 bits per heavy atom. The van der Waals surface area contributed by atoms with Gasteiger partial charge < -0.3 is 25.3 Å². The summed E-state index contributed by atoms with van der Waals surface area (Å²) in [7, 11) is -3.82. The number of carboxylic acid groups (broad SMARTS) is 2. The third-order valence-corrected chi connectivity index (χ3v) is 9.61. The van der Waals surface area contributed by atoms with Crippen LogP contribution in [0.25, 0.3) is 16.6 Å². The number of rotatable bonds is 12. The van der Waals surface area contributed by atoms with Crippen molar-refractivity contribution in [3.63, 3.8) is 0 Å². The van der Waals surface area contributed by atoms with E-state index in [4.69, 9.17) is 11.6 Å². The van der Waals surface area contributed by atoms with E-state index in [-0.39, 0.29) is 59.0 Å². The molecule has 274 valence electrons. The quantitative estimate of drug-likeness (QED) is 0.115. The lowest BCUT2D eigenvalue weighted by atomic mass is 10.0. The first-order valence-electron chi connectivity index (χ1n) is 15.7. The Balaban J connectivity index is 1.31. The number of piperazine rings is 1. The van der Waals surface area contributed by atoms with E-state index in [1.165, 1.54) is 52.3 Å². The highest BCUT2D eigenvalue weighted by Crippen LogP contribution is 2.30. The third kappa shape index (κ3) is 7.64. The van der Waals surface area contributed by atoms with Crippen molar-refractivity contribution in [2.75, 3.05) is 34.6 Å². The molecule has 1 atom stereocenters. The Morgan fingerprint density at radius 2 is 1.66 bits per heavy atom. The molecule has 53 heavy (non-hydrogen) atoms. The van der Waals surface area contributed by atoms with E-state index in [2.05, 4.69) is 30.3 Å². The molecule has 0 spiro atoms. The van der Waals surface area contributed by atoms with Crippen LogP contribution in [0.3, 0.4) is 0 Å². The number of tetrazole rings is 1. The fourth-order valence-corrected chi connectivity index (χ4v) is 6.96. The number of aromatic carboxylic acids is 1. The number of anilines is 3. The van der Waals surface area contributed by atoms with Gasteiger partial charge in [0.05, 0.1) is 16.9 Å². The molecule has 1 fully saturated rings. The van der Waals surface area contributed by atoms with E-state index >= 15 is 0 Å². The minimum atomic E-state index is -3.82. The molecule has 1 aliphatic rings. The molecule has 2 aromatic heterocycles. The number of nitrogens with one attached hydrogen (secondary N) is 3. The van der Waals surface area contributed by atoms with Gasteiger partial charge in [-0.25, -0.2) is 14.2 Å². The normalized spacial score (nSPS) is 14.0. The molecule has 0 radical (unpaired) electrons. The molecule has 21 heteroatoms. The van der Waals surface area contributed by atoms with Crippen LogP contribution in [0.1, 0.15) is 23.0 Å². The van der Waals surface area contributed by atoms with E-state index in [9.17, 15) is 42.6 Å². The van der Waals surface area contributed by atoms with Gasteiger partial charge in [-0.1, -0.05) is 30.7 Å². The second-order valence-corrected chi connectivity index (χ2v) is 13.5. The zero-order valence-corrected chi connectivity index (χ0v) is 29.1. The third-order valence-electron chi connectivity index (χ3n) is 8.21. The number of fused-ring (bicyclic) bond motifs is 1. The zero-order valence-electron chi connectivity index (χ0n) is 27.5. The van der Waals surface area contributed by atoms with Crippen LogP contribution in [0.5, 0.6) is 0 Å². The zero-order chi connectivity index (χ0) is 38.0. The van der Waals surface area contributed by atoms with Gasteiger partial charge in [-0.05, 0) is 70.6 Å². The van der Waals surface area contributed by atoms with Crippen molar-refractivity contribution in [2.45, 2.75) is 19.4 Å². The Hall–Kier alpha value is -6.38. The van der Waals surface area contributed by atoms with Crippen molar-refractivity contribution in [1.82, 2.24) is 34.4 Å². The van der Waals surface area contributed by atoms with Crippen LogP contribution in [0.4, 0.5) is 21.9 Å². The Kier molecular flexibility index (Phi) is 10.1. The van der Waals surface area contributed by atoms with Crippen LogP contribution in [0.2, 0.25) is 5.02 Å². The maximum absolute atomic E-state index is 14.1. The maximum Gasteiger partial charge on any atom is 0.416 e. The summed E-state index contributed by atoms with van der Waals surface area (Å²) in [5.41, 5.74) is 1.08. The fraction of sp³-hybridized carbons (Fsp3) is 0.188. The highest BCUT2D eigenvalue weighted by molar-refractivity contribution is 7.90. The van der Waals surface area contributed by atoms with Crippen molar-refractivity contribution in [1.29, 1.82) is 0 Å². The van der Waals surface area contributed by atoms with Crippen molar-refractivity contribution in [3.8, 4) is 5.69 Å². The SMILES string of the molecule is CCNS(=O)(=O)Nc1ccc(C[C@@H](C(=O)Nc2ccc3c(c2)cc(C(=O)O)n3C(=O)O)N2CCN(c3cc(Cl)ccc3-n3cnnn3)C(=O)C2=O)cc1. The van der Waals surface area contributed by atoms with Crippen LogP contribution in [0.15, 0.2) is 73.1 Å². The van der Waals surface area contributed by atoms with Gasteiger partial charge in [0.15, 0.2) is 0 Å². The van der Waals surface area contributed by atoms with Gasteiger partial charge in [0.2, 0.25) is 5.91 Å². The molecule has 0 bridgehead atoms. The van der Waals surface area contributed by atoms with Gasteiger partial charge >= 0.3 is 23.9 Å². The second-order valence-electron chi connectivity index (χ2n) is 11.6. The van der Waals surface area contributed by atoms with Crippen molar-refractivity contribution >= 4 is 79.6 Å². The van der Waals surface area contributed by atoms with E-state index in [0.29, 0.717) is 15.8 Å². The number of halogens is 1. The van der Waals surface area contributed by atoms with Crippen LogP contribution in [0, 0.1) is 0 Å². The number of hydrogen-bond acceptors (Lipinski definition) is 10.